The van der Waals surface area contributed by atoms with Crippen molar-refractivity contribution in [3.8, 4) is 11.4 Å². The highest BCUT2D eigenvalue weighted by atomic mass is 16.5. The zero-order valence-electron chi connectivity index (χ0n) is 15.3. The van der Waals surface area contributed by atoms with Crippen molar-refractivity contribution in [1.29, 1.82) is 0 Å². The van der Waals surface area contributed by atoms with Crippen LogP contribution < -0.4 is 0 Å². The van der Waals surface area contributed by atoms with Gasteiger partial charge in [-0.15, -0.1) is 0 Å². The maximum Gasteiger partial charge on any atom is 0.250 e. The summed E-state index contributed by atoms with van der Waals surface area (Å²) < 4.78 is 5.28. The molecule has 4 nitrogen and oxygen atoms in total. The quantitative estimate of drug-likeness (QED) is 0.458. The average Bonchev–Trinajstić information content (AvgIpc) is 3.17. The van der Waals surface area contributed by atoms with Crippen molar-refractivity contribution < 1.29 is 4.52 Å². The van der Waals surface area contributed by atoms with Crippen molar-refractivity contribution in [3.63, 3.8) is 0 Å². The van der Waals surface area contributed by atoms with Crippen molar-refractivity contribution in [3.05, 3.63) is 65.8 Å². The van der Waals surface area contributed by atoms with E-state index < -0.39 is 0 Å². The third kappa shape index (κ3) is 5.38. The predicted octanol–water partition coefficient (Wildman–Crippen LogP) is 5.81. The fourth-order valence-electron chi connectivity index (χ4n) is 2.82. The molecule has 0 aliphatic rings. The first-order valence-corrected chi connectivity index (χ1v) is 9.36. The summed E-state index contributed by atoms with van der Waals surface area (Å²) in [6, 6.07) is 12.4. The van der Waals surface area contributed by atoms with Crippen LogP contribution >= 0.6 is 0 Å². The second-order valence-corrected chi connectivity index (χ2v) is 6.43. The molecular formula is C22H25N3O. The zero-order chi connectivity index (χ0) is 18.0. The Morgan fingerprint density at radius 2 is 1.65 bits per heavy atom. The number of benzene rings is 1. The Balaban J connectivity index is 1.53. The number of rotatable bonds is 9. The first-order valence-electron chi connectivity index (χ1n) is 9.36. The number of hydrogen-bond acceptors (Lipinski definition) is 4. The van der Waals surface area contributed by atoms with Crippen LogP contribution in [0.5, 0.6) is 0 Å². The summed E-state index contributed by atoms with van der Waals surface area (Å²) in [5.41, 5.74) is 3.42. The molecule has 0 bridgehead atoms. The van der Waals surface area contributed by atoms with Crippen LogP contribution in [0.2, 0.25) is 0 Å². The van der Waals surface area contributed by atoms with Gasteiger partial charge in [0.25, 0.3) is 5.89 Å². The summed E-state index contributed by atoms with van der Waals surface area (Å²) in [5.74, 6) is 1.07. The first kappa shape index (κ1) is 18.1. The van der Waals surface area contributed by atoms with Crippen LogP contribution in [0.25, 0.3) is 23.5 Å². The molecule has 134 valence electrons. The molecule has 0 unspecified atom stereocenters. The van der Waals surface area contributed by atoms with Gasteiger partial charge in [0.05, 0.1) is 0 Å². The number of pyridine rings is 1. The Kier molecular flexibility index (Phi) is 6.71. The molecule has 0 fully saturated rings. The fourth-order valence-corrected chi connectivity index (χ4v) is 2.82. The number of unbranched alkanes of at least 4 members (excludes halogenated alkanes) is 4. The summed E-state index contributed by atoms with van der Waals surface area (Å²) in [5, 5.41) is 4.00. The molecule has 0 saturated heterocycles. The molecule has 0 spiro atoms. The lowest BCUT2D eigenvalue weighted by molar-refractivity contribution is 0.411. The Morgan fingerprint density at radius 1 is 0.885 bits per heavy atom. The van der Waals surface area contributed by atoms with E-state index in [1.54, 1.807) is 12.4 Å². The average molecular weight is 347 g/mol. The SMILES string of the molecule is CCCCCCCc1ccc(/C=C/c2nc(-c3ccncc3)no2)cc1. The van der Waals surface area contributed by atoms with Crippen LogP contribution in [-0.4, -0.2) is 15.1 Å². The Labute approximate surface area is 155 Å². The summed E-state index contributed by atoms with van der Waals surface area (Å²) in [7, 11) is 0. The van der Waals surface area contributed by atoms with Crippen molar-refractivity contribution in [2.24, 2.45) is 0 Å². The molecule has 26 heavy (non-hydrogen) atoms. The molecule has 4 heteroatoms. The van der Waals surface area contributed by atoms with E-state index in [-0.39, 0.29) is 0 Å². The Bertz CT molecular complexity index is 807. The standard InChI is InChI=1S/C22H25N3O/c1-2-3-4-5-6-7-18-8-10-19(11-9-18)12-13-21-24-22(25-26-21)20-14-16-23-17-15-20/h8-17H,2-7H2,1H3/b13-12+. The molecule has 0 aliphatic carbocycles. The van der Waals surface area contributed by atoms with Crippen LogP contribution in [0.4, 0.5) is 0 Å². The van der Waals surface area contributed by atoms with Gasteiger partial charge in [-0.25, -0.2) is 0 Å². The third-order valence-electron chi connectivity index (χ3n) is 4.35. The molecule has 0 aliphatic heterocycles. The highest BCUT2D eigenvalue weighted by Gasteiger charge is 2.05. The third-order valence-corrected chi connectivity index (χ3v) is 4.35. The molecule has 1 aromatic carbocycles. The molecule has 0 radical (unpaired) electrons. The molecule has 0 atom stereocenters. The predicted molar refractivity (Wildman–Crippen MR) is 105 cm³/mol. The summed E-state index contributed by atoms with van der Waals surface area (Å²) in [6.45, 7) is 2.25. The van der Waals surface area contributed by atoms with E-state index >= 15 is 0 Å². The minimum Gasteiger partial charge on any atom is -0.334 e. The van der Waals surface area contributed by atoms with Crippen molar-refractivity contribution in [1.82, 2.24) is 15.1 Å². The van der Waals surface area contributed by atoms with Gasteiger partial charge in [-0.2, -0.15) is 4.98 Å². The van der Waals surface area contributed by atoms with E-state index in [4.69, 9.17) is 4.52 Å². The minimum absolute atomic E-state index is 0.497. The van der Waals surface area contributed by atoms with Gasteiger partial charge < -0.3 is 4.52 Å². The van der Waals surface area contributed by atoms with Gasteiger partial charge in [-0.3, -0.25) is 4.98 Å². The lowest BCUT2D eigenvalue weighted by Crippen LogP contribution is -1.86. The minimum atomic E-state index is 0.497. The van der Waals surface area contributed by atoms with Crippen LogP contribution in [-0.2, 0) is 6.42 Å². The number of hydrogen-bond donors (Lipinski definition) is 0. The van der Waals surface area contributed by atoms with Crippen LogP contribution in [0.15, 0.2) is 53.3 Å². The molecule has 0 amide bonds. The van der Waals surface area contributed by atoms with Crippen molar-refractivity contribution in [2.75, 3.05) is 0 Å². The normalized spacial score (nSPS) is 11.3. The molecule has 2 aromatic heterocycles. The topological polar surface area (TPSA) is 51.8 Å². The zero-order valence-corrected chi connectivity index (χ0v) is 15.3. The van der Waals surface area contributed by atoms with E-state index in [1.165, 1.54) is 37.7 Å². The largest absolute Gasteiger partial charge is 0.334 e. The molecule has 3 aromatic rings. The molecule has 0 saturated carbocycles. The highest BCUT2D eigenvalue weighted by Crippen LogP contribution is 2.16. The van der Waals surface area contributed by atoms with Gasteiger partial charge in [-0.1, -0.05) is 62.0 Å². The highest BCUT2D eigenvalue weighted by molar-refractivity contribution is 5.67. The van der Waals surface area contributed by atoms with Crippen LogP contribution in [0.3, 0.4) is 0 Å². The van der Waals surface area contributed by atoms with Crippen LogP contribution in [0, 0.1) is 0 Å². The summed E-state index contributed by atoms with van der Waals surface area (Å²) >= 11 is 0. The molecule has 2 heterocycles. The van der Waals surface area contributed by atoms with Crippen LogP contribution in [0.1, 0.15) is 56.0 Å². The van der Waals surface area contributed by atoms with E-state index in [0.717, 1.165) is 17.5 Å². The number of aromatic nitrogens is 3. The maximum atomic E-state index is 5.28. The summed E-state index contributed by atoms with van der Waals surface area (Å²) in [6.07, 6.45) is 15.0. The second kappa shape index (κ2) is 9.66. The van der Waals surface area contributed by atoms with E-state index in [0.29, 0.717) is 11.7 Å². The van der Waals surface area contributed by atoms with Crippen molar-refractivity contribution >= 4 is 12.2 Å². The Hall–Kier alpha value is -2.75. The number of aryl methyl sites for hydroxylation is 1. The lowest BCUT2D eigenvalue weighted by atomic mass is 10.0. The van der Waals surface area contributed by atoms with E-state index in [2.05, 4.69) is 46.3 Å². The van der Waals surface area contributed by atoms with Gasteiger partial charge in [0.15, 0.2) is 0 Å². The van der Waals surface area contributed by atoms with Crippen molar-refractivity contribution in [2.45, 2.75) is 45.4 Å². The number of nitrogens with zero attached hydrogens (tertiary/aromatic N) is 3. The lowest BCUT2D eigenvalue weighted by Gasteiger charge is -2.02. The first-order chi connectivity index (χ1) is 12.8. The summed E-state index contributed by atoms with van der Waals surface area (Å²) in [4.78, 5) is 8.38. The Morgan fingerprint density at radius 3 is 2.42 bits per heavy atom. The monoisotopic (exact) mass is 347 g/mol. The maximum absolute atomic E-state index is 5.28. The molecule has 3 rings (SSSR count). The van der Waals surface area contributed by atoms with E-state index in [1.807, 2.05) is 24.3 Å². The van der Waals surface area contributed by atoms with Gasteiger partial charge >= 0.3 is 0 Å². The molecular weight excluding hydrogens is 322 g/mol. The molecule has 0 N–H and O–H groups in total. The van der Waals surface area contributed by atoms with Gasteiger partial charge in [0, 0.05) is 24.0 Å². The second-order valence-electron chi connectivity index (χ2n) is 6.43. The van der Waals surface area contributed by atoms with E-state index in [9.17, 15) is 0 Å². The van der Waals surface area contributed by atoms with Gasteiger partial charge in [-0.05, 0) is 42.2 Å². The fraction of sp³-hybridized carbons (Fsp3) is 0.318. The van der Waals surface area contributed by atoms with Gasteiger partial charge in [0.2, 0.25) is 5.82 Å². The smallest absolute Gasteiger partial charge is 0.250 e. The van der Waals surface area contributed by atoms with Gasteiger partial charge in [0.1, 0.15) is 0 Å².